The number of hydrogen-bond acceptors (Lipinski definition) is 8. The first-order valence-corrected chi connectivity index (χ1v) is 13.9. The minimum atomic E-state index is -0.262. The molecule has 0 spiro atoms. The fourth-order valence-corrected chi connectivity index (χ4v) is 5.25. The number of aryl methyl sites for hydroxylation is 1. The van der Waals surface area contributed by atoms with E-state index in [1.165, 1.54) is 0 Å². The first-order valence-electron chi connectivity index (χ1n) is 13.9. The van der Waals surface area contributed by atoms with Crippen LogP contribution in [0.5, 0.6) is 0 Å². The zero-order chi connectivity index (χ0) is 28.9. The number of nitrogens with one attached hydrogen (secondary N) is 4. The predicted molar refractivity (Wildman–Crippen MR) is 163 cm³/mol. The summed E-state index contributed by atoms with van der Waals surface area (Å²) in [5, 5.41) is 26.0. The zero-order valence-corrected chi connectivity index (χ0v) is 24.1. The van der Waals surface area contributed by atoms with Gasteiger partial charge in [-0.25, -0.2) is 0 Å². The van der Waals surface area contributed by atoms with E-state index in [4.69, 9.17) is 6.42 Å². The van der Waals surface area contributed by atoms with Crippen molar-refractivity contribution in [3.63, 3.8) is 0 Å². The molecule has 208 valence electrons. The smallest absolute Gasteiger partial charge is 0.102 e. The van der Waals surface area contributed by atoms with Gasteiger partial charge in [-0.05, 0) is 48.9 Å². The summed E-state index contributed by atoms with van der Waals surface area (Å²) in [6.07, 6.45) is 13.9. The molecule has 2 aliphatic rings. The van der Waals surface area contributed by atoms with Crippen LogP contribution in [0, 0.1) is 29.1 Å². The van der Waals surface area contributed by atoms with Gasteiger partial charge in [0.25, 0.3) is 0 Å². The standard InChI is InChI=1S/C32H35N9/c1-7-20-16-34-29-21(15-33)13-22(14-24(29)28(20)35-19-31(2,3)4)37-30(26-18-41(39-38-26)32(5)11-12-32)23-9-8-10-27-25(23)17-36-40(27)6/h1,8-10,13-14,16-18,30,37-39H,11-12,19H2,2-6H3,(H,34,35)/t30-/m0/s1. The van der Waals surface area contributed by atoms with E-state index in [9.17, 15) is 5.26 Å². The van der Waals surface area contributed by atoms with Crippen molar-refractivity contribution < 1.29 is 0 Å². The van der Waals surface area contributed by atoms with Crippen LogP contribution in [0.1, 0.15) is 63.3 Å². The van der Waals surface area contributed by atoms with E-state index in [-0.39, 0.29) is 17.0 Å². The Morgan fingerprint density at radius 2 is 1.98 bits per heavy atom. The van der Waals surface area contributed by atoms with Gasteiger partial charge in [0.15, 0.2) is 0 Å². The number of pyridine rings is 1. The number of nitrogens with zero attached hydrogens (tertiary/aromatic N) is 5. The number of nitriles is 1. The maximum atomic E-state index is 10.1. The minimum absolute atomic E-state index is 0.0283. The largest absolute Gasteiger partial charge is 0.383 e. The van der Waals surface area contributed by atoms with Gasteiger partial charge in [0.05, 0.1) is 51.3 Å². The van der Waals surface area contributed by atoms with Gasteiger partial charge in [0.1, 0.15) is 6.07 Å². The Kier molecular flexibility index (Phi) is 6.28. The van der Waals surface area contributed by atoms with Gasteiger partial charge in [-0.1, -0.05) is 38.8 Å². The Morgan fingerprint density at radius 3 is 2.68 bits per heavy atom. The van der Waals surface area contributed by atoms with Gasteiger partial charge in [-0.3, -0.25) is 14.7 Å². The minimum Gasteiger partial charge on any atom is -0.383 e. The van der Waals surface area contributed by atoms with Gasteiger partial charge >= 0.3 is 0 Å². The van der Waals surface area contributed by atoms with E-state index in [1.54, 1.807) is 6.20 Å². The van der Waals surface area contributed by atoms with Crippen LogP contribution in [-0.4, -0.2) is 31.9 Å². The van der Waals surface area contributed by atoms with Crippen molar-refractivity contribution >= 4 is 33.2 Å². The number of benzene rings is 2. The maximum absolute atomic E-state index is 10.1. The summed E-state index contributed by atoms with van der Waals surface area (Å²) >= 11 is 0. The van der Waals surface area contributed by atoms with Crippen LogP contribution in [-0.2, 0) is 7.05 Å². The quantitative estimate of drug-likeness (QED) is 0.232. The molecule has 41 heavy (non-hydrogen) atoms. The second-order valence-electron chi connectivity index (χ2n) is 12.5. The Hall–Kier alpha value is -4.73. The summed E-state index contributed by atoms with van der Waals surface area (Å²) in [5.41, 5.74) is 13.3. The normalized spacial score (nSPS) is 16.6. The molecule has 9 nitrogen and oxygen atoms in total. The molecule has 2 aromatic heterocycles. The highest BCUT2D eigenvalue weighted by Crippen LogP contribution is 2.42. The van der Waals surface area contributed by atoms with Crippen molar-refractivity contribution in [2.75, 3.05) is 17.2 Å². The molecule has 1 saturated carbocycles. The molecule has 0 amide bonds. The van der Waals surface area contributed by atoms with Crippen molar-refractivity contribution in [3.8, 4) is 18.4 Å². The van der Waals surface area contributed by atoms with Crippen molar-refractivity contribution in [1.82, 2.24) is 30.7 Å². The molecule has 4 aromatic rings. The summed E-state index contributed by atoms with van der Waals surface area (Å²) in [6.45, 7) is 9.45. The fraction of sp³-hybridized carbons (Fsp3) is 0.344. The van der Waals surface area contributed by atoms with E-state index in [0.717, 1.165) is 51.8 Å². The molecule has 2 aromatic carbocycles. The first kappa shape index (κ1) is 26.5. The SMILES string of the molecule is C#Cc1cnc2c(C#N)cc(N[C@H](C3=CN(C4(C)CC4)NN3)c3cccc4c3cnn4C)cc2c1NCC(C)(C)C. The van der Waals surface area contributed by atoms with Crippen LogP contribution < -0.4 is 21.6 Å². The number of terminal acetylenes is 1. The predicted octanol–water partition coefficient (Wildman–Crippen LogP) is 5.30. The van der Waals surface area contributed by atoms with Gasteiger partial charge in [0, 0.05) is 42.4 Å². The van der Waals surface area contributed by atoms with Crippen LogP contribution >= 0.6 is 0 Å². The Labute approximate surface area is 240 Å². The van der Waals surface area contributed by atoms with Crippen molar-refractivity contribution in [3.05, 3.63) is 71.3 Å². The highest BCUT2D eigenvalue weighted by Gasteiger charge is 2.44. The lowest BCUT2D eigenvalue weighted by atomic mass is 9.96. The molecule has 3 heterocycles. The monoisotopic (exact) mass is 545 g/mol. The molecule has 6 rings (SSSR count). The lowest BCUT2D eigenvalue weighted by Gasteiger charge is -2.24. The summed E-state index contributed by atoms with van der Waals surface area (Å²) < 4.78 is 1.88. The van der Waals surface area contributed by atoms with Crippen molar-refractivity contribution in [2.45, 2.75) is 52.1 Å². The van der Waals surface area contributed by atoms with Crippen LogP contribution in [0.25, 0.3) is 21.8 Å². The topological polar surface area (TPSA) is 106 Å². The molecule has 4 N–H and O–H groups in total. The molecule has 0 unspecified atom stereocenters. The number of rotatable bonds is 7. The number of aromatic nitrogens is 3. The van der Waals surface area contributed by atoms with Crippen LogP contribution in [0.2, 0.25) is 0 Å². The number of anilines is 2. The second-order valence-corrected chi connectivity index (χ2v) is 12.5. The molecular formula is C32H35N9. The Morgan fingerprint density at radius 1 is 1.17 bits per heavy atom. The van der Waals surface area contributed by atoms with Crippen molar-refractivity contribution in [1.29, 1.82) is 5.26 Å². The van der Waals surface area contributed by atoms with Gasteiger partial charge in [-0.15, -0.1) is 12.0 Å². The van der Waals surface area contributed by atoms with Crippen LogP contribution in [0.3, 0.4) is 0 Å². The summed E-state index contributed by atoms with van der Waals surface area (Å²) in [7, 11) is 1.95. The third-order valence-corrected chi connectivity index (χ3v) is 7.95. The third-order valence-electron chi connectivity index (χ3n) is 7.95. The highest BCUT2D eigenvalue weighted by atomic mass is 15.7. The average Bonchev–Trinajstić information content (AvgIpc) is 3.32. The summed E-state index contributed by atoms with van der Waals surface area (Å²) in [4.78, 5) is 4.59. The molecular weight excluding hydrogens is 510 g/mol. The van der Waals surface area contributed by atoms with Gasteiger partial charge < -0.3 is 16.1 Å². The average molecular weight is 546 g/mol. The number of hydrazine groups is 2. The van der Waals surface area contributed by atoms with Gasteiger partial charge in [0.2, 0.25) is 0 Å². The number of fused-ring (bicyclic) bond motifs is 2. The Balaban J connectivity index is 1.48. The fourth-order valence-electron chi connectivity index (χ4n) is 5.25. The molecule has 1 aliphatic heterocycles. The number of hydrogen-bond donors (Lipinski definition) is 4. The molecule has 9 heteroatoms. The van der Waals surface area contributed by atoms with E-state index in [1.807, 2.05) is 30.1 Å². The van der Waals surface area contributed by atoms with E-state index >= 15 is 0 Å². The van der Waals surface area contributed by atoms with Gasteiger partial charge in [-0.2, -0.15) is 10.4 Å². The third kappa shape index (κ3) is 4.90. The van der Waals surface area contributed by atoms with E-state index in [2.05, 4.69) is 101 Å². The Bertz CT molecular complexity index is 1770. The van der Waals surface area contributed by atoms with Crippen LogP contribution in [0.4, 0.5) is 11.4 Å². The molecule has 0 saturated heterocycles. The zero-order valence-electron chi connectivity index (χ0n) is 24.1. The lowest BCUT2D eigenvalue weighted by molar-refractivity contribution is 0.190. The second kappa shape index (κ2) is 9.72. The van der Waals surface area contributed by atoms with Crippen LogP contribution in [0.15, 0.2) is 54.6 Å². The molecule has 1 fully saturated rings. The summed E-state index contributed by atoms with van der Waals surface area (Å²) in [6, 6.07) is 12.2. The maximum Gasteiger partial charge on any atom is 0.102 e. The first-order chi connectivity index (χ1) is 19.6. The highest BCUT2D eigenvalue weighted by molar-refractivity contribution is 5.99. The molecule has 1 atom stereocenters. The van der Waals surface area contributed by atoms with E-state index in [0.29, 0.717) is 23.2 Å². The lowest BCUT2D eigenvalue weighted by Crippen LogP contribution is -2.43. The molecule has 0 radical (unpaired) electrons. The van der Waals surface area contributed by atoms with Crippen molar-refractivity contribution in [2.24, 2.45) is 12.5 Å². The summed E-state index contributed by atoms with van der Waals surface area (Å²) in [5.74, 6) is 2.77. The molecule has 1 aliphatic carbocycles. The van der Waals surface area contributed by atoms with E-state index < -0.39 is 0 Å². The molecule has 0 bridgehead atoms.